The van der Waals surface area contributed by atoms with Crippen LogP contribution >= 0.6 is 0 Å². The Labute approximate surface area is 227 Å². The third-order valence-corrected chi connectivity index (χ3v) is 7.16. The number of nitrogens with zero attached hydrogens (tertiary/aromatic N) is 3. The topological polar surface area (TPSA) is 88.5 Å². The lowest BCUT2D eigenvalue weighted by Gasteiger charge is -2.41. The van der Waals surface area contributed by atoms with Gasteiger partial charge in [0, 0.05) is 54.6 Å². The molecule has 6 rings (SSSR count). The van der Waals surface area contributed by atoms with Gasteiger partial charge in [-0.15, -0.1) is 0 Å². The van der Waals surface area contributed by atoms with Crippen LogP contribution in [0, 0.1) is 11.8 Å². The van der Waals surface area contributed by atoms with Crippen molar-refractivity contribution in [3.63, 3.8) is 0 Å². The van der Waals surface area contributed by atoms with E-state index in [1.165, 1.54) is 10.3 Å². The molecule has 0 bridgehead atoms. The largest absolute Gasteiger partial charge is 0.489 e. The maximum absolute atomic E-state index is 12.6. The minimum absolute atomic E-state index is 0.105. The van der Waals surface area contributed by atoms with Gasteiger partial charge >= 0.3 is 6.03 Å². The van der Waals surface area contributed by atoms with Gasteiger partial charge in [0.15, 0.2) is 0 Å². The average molecular weight is 522 g/mol. The molecule has 1 aliphatic carbocycles. The first-order valence-electron chi connectivity index (χ1n) is 13.4. The van der Waals surface area contributed by atoms with Crippen molar-refractivity contribution >= 4 is 23.3 Å². The number of rotatable bonds is 9. The summed E-state index contributed by atoms with van der Waals surface area (Å²) in [4.78, 5) is 31.2. The van der Waals surface area contributed by atoms with Crippen molar-refractivity contribution in [2.24, 2.45) is 11.8 Å². The van der Waals surface area contributed by atoms with Gasteiger partial charge in [-0.1, -0.05) is 30.3 Å². The molecule has 2 heterocycles. The number of hydrogen-bond donors (Lipinski definition) is 2. The van der Waals surface area contributed by atoms with Crippen LogP contribution in [0.5, 0.6) is 5.75 Å². The molecule has 4 aromatic rings. The second-order valence-corrected chi connectivity index (χ2v) is 10.2. The van der Waals surface area contributed by atoms with Crippen LogP contribution in [-0.4, -0.2) is 41.1 Å². The van der Waals surface area contributed by atoms with E-state index in [1.54, 1.807) is 12.5 Å². The summed E-state index contributed by atoms with van der Waals surface area (Å²) in [6.07, 6.45) is 5.26. The Kier molecular flexibility index (Phi) is 6.99. The number of amides is 2. The molecule has 8 heteroatoms. The number of ether oxygens (including phenoxy) is 1. The quantitative estimate of drug-likeness (QED) is 0.317. The van der Waals surface area contributed by atoms with Gasteiger partial charge in [0.2, 0.25) is 5.91 Å². The Morgan fingerprint density at radius 1 is 0.923 bits per heavy atom. The van der Waals surface area contributed by atoms with Crippen molar-refractivity contribution in [3.05, 3.63) is 97.0 Å². The van der Waals surface area contributed by atoms with Crippen molar-refractivity contribution in [1.29, 1.82) is 0 Å². The van der Waals surface area contributed by atoms with Crippen LogP contribution < -0.4 is 20.3 Å². The molecule has 1 saturated carbocycles. The fraction of sp³-hybridized carbons (Fsp3) is 0.258. The van der Waals surface area contributed by atoms with Crippen LogP contribution in [0.25, 0.3) is 11.3 Å². The summed E-state index contributed by atoms with van der Waals surface area (Å²) < 4.78 is 7.41. The van der Waals surface area contributed by atoms with E-state index < -0.39 is 0 Å². The van der Waals surface area contributed by atoms with E-state index in [4.69, 9.17) is 4.74 Å². The Hall–Kier alpha value is -4.59. The van der Waals surface area contributed by atoms with Crippen molar-refractivity contribution in [2.75, 3.05) is 29.9 Å². The molecule has 2 fully saturated rings. The van der Waals surface area contributed by atoms with E-state index in [1.807, 2.05) is 66.7 Å². The average Bonchev–Trinajstić information content (AvgIpc) is 3.69. The highest BCUT2D eigenvalue weighted by atomic mass is 16.5. The summed E-state index contributed by atoms with van der Waals surface area (Å²) >= 11 is 0. The molecule has 8 nitrogen and oxygen atoms in total. The molecule has 0 unspecified atom stereocenters. The zero-order valence-electron chi connectivity index (χ0n) is 21.6. The number of imidazole rings is 1. The Morgan fingerprint density at radius 2 is 1.67 bits per heavy atom. The van der Waals surface area contributed by atoms with Crippen LogP contribution in [0.4, 0.5) is 16.2 Å². The van der Waals surface area contributed by atoms with E-state index in [-0.39, 0.29) is 17.9 Å². The van der Waals surface area contributed by atoms with Crippen LogP contribution in [-0.2, 0) is 11.4 Å². The zero-order chi connectivity index (χ0) is 26.6. The van der Waals surface area contributed by atoms with Crippen molar-refractivity contribution in [2.45, 2.75) is 19.4 Å². The van der Waals surface area contributed by atoms with Crippen LogP contribution in [0.15, 0.2) is 91.4 Å². The smallest absolute Gasteiger partial charge is 0.326 e. The summed E-state index contributed by atoms with van der Waals surface area (Å²) in [5.41, 5.74) is 4.68. The van der Waals surface area contributed by atoms with Crippen LogP contribution in [0.1, 0.15) is 18.4 Å². The van der Waals surface area contributed by atoms with Gasteiger partial charge in [-0.25, -0.2) is 9.78 Å². The highest BCUT2D eigenvalue weighted by Gasteiger charge is 2.29. The van der Waals surface area contributed by atoms with Crippen molar-refractivity contribution in [3.8, 4) is 17.0 Å². The predicted octanol–water partition coefficient (Wildman–Crippen LogP) is 5.17. The van der Waals surface area contributed by atoms with E-state index >= 15 is 0 Å². The van der Waals surface area contributed by atoms with Crippen LogP contribution in [0.3, 0.4) is 0 Å². The van der Waals surface area contributed by atoms with E-state index in [0.29, 0.717) is 19.1 Å². The van der Waals surface area contributed by atoms with Gasteiger partial charge in [0.25, 0.3) is 0 Å². The molecule has 0 spiro atoms. The summed E-state index contributed by atoms with van der Waals surface area (Å²) in [5, 5.41) is 5.96. The van der Waals surface area contributed by atoms with Crippen molar-refractivity contribution < 1.29 is 14.3 Å². The minimum Gasteiger partial charge on any atom is -0.489 e. The molecule has 1 saturated heterocycles. The number of hydrogen-bond acceptors (Lipinski definition) is 5. The maximum Gasteiger partial charge on any atom is 0.326 e. The fourth-order valence-electron chi connectivity index (χ4n) is 4.62. The normalized spacial score (nSPS) is 14.9. The Bertz CT molecular complexity index is 1420. The molecule has 3 aromatic carbocycles. The molecule has 39 heavy (non-hydrogen) atoms. The Balaban J connectivity index is 0.955. The molecular formula is C31H31N5O3. The monoisotopic (exact) mass is 521 g/mol. The highest BCUT2D eigenvalue weighted by Crippen LogP contribution is 2.30. The predicted molar refractivity (Wildman–Crippen MR) is 151 cm³/mol. The maximum atomic E-state index is 12.6. The number of benzene rings is 3. The first kappa shape index (κ1) is 24.7. The molecule has 1 aliphatic heterocycles. The van der Waals surface area contributed by atoms with E-state index in [2.05, 4.69) is 32.7 Å². The molecule has 0 radical (unpaired) electrons. The fourth-order valence-corrected chi connectivity index (χ4v) is 4.62. The standard InChI is InChI=1S/C31H31N5O3/c37-30(25-8-9-25)34-26-12-6-22(7-13-26)20-39-28-14-10-24(11-15-28)29-19-36(21-33-29)31(38)32-16-23-17-35(18-23)27-4-2-1-3-5-27/h1-7,10-15,19,21,23,25H,8-9,16-18,20H2,(H,32,38)(H,34,37). The van der Waals surface area contributed by atoms with Gasteiger partial charge < -0.3 is 20.3 Å². The van der Waals surface area contributed by atoms with Gasteiger partial charge in [0.1, 0.15) is 18.7 Å². The molecule has 2 amide bonds. The molecule has 1 aromatic heterocycles. The lowest BCUT2D eigenvalue weighted by atomic mass is 9.99. The summed E-state index contributed by atoms with van der Waals surface area (Å²) in [6, 6.07) is 25.5. The van der Waals surface area contributed by atoms with Gasteiger partial charge in [-0.2, -0.15) is 0 Å². The summed E-state index contributed by atoms with van der Waals surface area (Å²) in [6.45, 7) is 2.95. The van der Waals surface area contributed by atoms with Gasteiger partial charge in [0.05, 0.1) is 5.69 Å². The Morgan fingerprint density at radius 3 is 2.38 bits per heavy atom. The summed E-state index contributed by atoms with van der Waals surface area (Å²) in [5.74, 6) is 1.47. The molecule has 2 aliphatic rings. The van der Waals surface area contributed by atoms with Gasteiger partial charge in [-0.05, 0) is 66.9 Å². The lowest BCUT2D eigenvalue weighted by molar-refractivity contribution is -0.117. The lowest BCUT2D eigenvalue weighted by Crippen LogP contribution is -2.51. The molecule has 2 N–H and O–H groups in total. The number of aromatic nitrogens is 2. The highest BCUT2D eigenvalue weighted by molar-refractivity contribution is 5.94. The van der Waals surface area contributed by atoms with E-state index in [0.717, 1.165) is 54.2 Å². The van der Waals surface area contributed by atoms with Crippen molar-refractivity contribution in [1.82, 2.24) is 14.9 Å². The molecule has 0 atom stereocenters. The summed E-state index contributed by atoms with van der Waals surface area (Å²) in [7, 11) is 0. The SMILES string of the molecule is O=C(Nc1ccc(COc2ccc(-c3cn(C(=O)NCC4CN(c5ccccc5)C4)cn3)cc2)cc1)C1CC1. The minimum atomic E-state index is -0.176. The zero-order valence-corrected chi connectivity index (χ0v) is 21.6. The number of carbonyl (C=O) groups excluding carboxylic acids is 2. The number of para-hydroxylation sites is 1. The van der Waals surface area contributed by atoms with Gasteiger partial charge in [-0.3, -0.25) is 9.36 Å². The number of carbonyl (C=O) groups is 2. The molecule has 198 valence electrons. The third-order valence-electron chi connectivity index (χ3n) is 7.16. The second kappa shape index (κ2) is 11.0. The van der Waals surface area contributed by atoms with E-state index in [9.17, 15) is 9.59 Å². The number of nitrogens with one attached hydrogen (secondary N) is 2. The molecular weight excluding hydrogens is 490 g/mol. The third kappa shape index (κ3) is 6.12. The van der Waals surface area contributed by atoms with Crippen LogP contribution in [0.2, 0.25) is 0 Å². The first-order valence-corrected chi connectivity index (χ1v) is 13.4. The first-order chi connectivity index (χ1) is 19.1. The second-order valence-electron chi connectivity index (χ2n) is 10.2. The number of anilines is 2.